The van der Waals surface area contributed by atoms with E-state index in [0.29, 0.717) is 22.2 Å². The number of rotatable bonds is 0. The molecule has 4 fully saturated rings. The van der Waals surface area contributed by atoms with Gasteiger partial charge in [-0.1, -0.05) is 60.1 Å². The molecular formula is C29H48O. The lowest BCUT2D eigenvalue weighted by atomic mass is 9.38. The molecule has 5 aliphatic rings. The molecule has 0 aliphatic heterocycles. The molecule has 30 heavy (non-hydrogen) atoms. The largest absolute Gasteiger partial charge is 0.393 e. The lowest BCUT2D eigenvalue weighted by Gasteiger charge is -2.67. The Morgan fingerprint density at radius 1 is 0.867 bits per heavy atom. The molecule has 0 bridgehead atoms. The van der Waals surface area contributed by atoms with Crippen LogP contribution >= 0.6 is 0 Å². The highest BCUT2D eigenvalue weighted by Gasteiger charge is 2.63. The molecule has 0 saturated heterocycles. The third-order valence-corrected chi connectivity index (χ3v) is 12.6. The summed E-state index contributed by atoms with van der Waals surface area (Å²) < 4.78 is 0. The van der Waals surface area contributed by atoms with Crippen molar-refractivity contribution < 1.29 is 5.11 Å². The van der Waals surface area contributed by atoms with E-state index in [9.17, 15) is 5.11 Å². The van der Waals surface area contributed by atoms with E-state index in [4.69, 9.17) is 0 Å². The highest BCUT2D eigenvalue weighted by molar-refractivity contribution is 5.31. The molecule has 5 aliphatic carbocycles. The van der Waals surface area contributed by atoms with Crippen molar-refractivity contribution >= 4 is 0 Å². The van der Waals surface area contributed by atoms with Gasteiger partial charge in [0, 0.05) is 0 Å². The average Bonchev–Trinajstić information content (AvgIpc) is 2.69. The maximum absolute atomic E-state index is 10.8. The van der Waals surface area contributed by atoms with Gasteiger partial charge in [0.15, 0.2) is 0 Å². The zero-order valence-electron chi connectivity index (χ0n) is 20.9. The summed E-state index contributed by atoms with van der Waals surface area (Å²) in [5, 5.41) is 10.8. The van der Waals surface area contributed by atoms with Crippen molar-refractivity contribution in [2.24, 2.45) is 57.2 Å². The molecule has 0 amide bonds. The van der Waals surface area contributed by atoms with Gasteiger partial charge in [-0.3, -0.25) is 0 Å². The number of allylic oxidation sites excluding steroid dienone is 2. The molecule has 0 aromatic rings. The fraction of sp³-hybridized carbons (Fsp3) is 0.931. The standard InChI is InChI=1S/C29H48O/c1-18-12-14-27(5)16-17-28(6)20-10-11-23-26(3,4)24(30)13-15-29(23,7)21(20)8-9-22(28)25(27)19(18)2/h10,18-19,21-25,30H,8-9,11-17H2,1-7H3/t18-,19+,21+,22+,23+,24+,25+,27-,28-,29-/m1/s1. The quantitative estimate of drug-likeness (QED) is 0.405. The second-order valence-corrected chi connectivity index (χ2v) is 14.0. The first-order chi connectivity index (χ1) is 13.9. The fourth-order valence-electron chi connectivity index (χ4n) is 10.4. The predicted octanol–water partition coefficient (Wildman–Crippen LogP) is 7.63. The van der Waals surface area contributed by atoms with Crippen LogP contribution in [0.5, 0.6) is 0 Å². The summed E-state index contributed by atoms with van der Waals surface area (Å²) in [7, 11) is 0. The Morgan fingerprint density at radius 2 is 1.60 bits per heavy atom. The predicted molar refractivity (Wildman–Crippen MR) is 126 cm³/mol. The molecule has 0 spiro atoms. The van der Waals surface area contributed by atoms with E-state index in [1.54, 1.807) is 0 Å². The van der Waals surface area contributed by atoms with Crippen LogP contribution in [0.2, 0.25) is 0 Å². The second-order valence-electron chi connectivity index (χ2n) is 14.0. The minimum Gasteiger partial charge on any atom is -0.393 e. The molecule has 170 valence electrons. The van der Waals surface area contributed by atoms with Crippen LogP contribution in [0.4, 0.5) is 0 Å². The van der Waals surface area contributed by atoms with Crippen molar-refractivity contribution in [3.63, 3.8) is 0 Å². The first kappa shape index (κ1) is 21.5. The number of hydrogen-bond acceptors (Lipinski definition) is 1. The lowest BCUT2D eigenvalue weighted by Crippen LogP contribution is -2.60. The van der Waals surface area contributed by atoms with Gasteiger partial charge in [0.2, 0.25) is 0 Å². The van der Waals surface area contributed by atoms with Gasteiger partial charge in [0.1, 0.15) is 0 Å². The molecule has 10 atom stereocenters. The topological polar surface area (TPSA) is 20.2 Å². The summed E-state index contributed by atoms with van der Waals surface area (Å²) in [5.74, 6) is 4.96. The zero-order chi connectivity index (χ0) is 21.7. The van der Waals surface area contributed by atoms with Crippen LogP contribution in [0, 0.1) is 57.2 Å². The van der Waals surface area contributed by atoms with Crippen LogP contribution < -0.4 is 0 Å². The average molecular weight is 413 g/mol. The Labute approximate surface area is 186 Å². The van der Waals surface area contributed by atoms with Crippen molar-refractivity contribution in [3.8, 4) is 0 Å². The van der Waals surface area contributed by atoms with Crippen molar-refractivity contribution in [3.05, 3.63) is 11.6 Å². The van der Waals surface area contributed by atoms with Gasteiger partial charge in [-0.2, -0.15) is 0 Å². The number of fused-ring (bicyclic) bond motifs is 7. The molecule has 0 radical (unpaired) electrons. The van der Waals surface area contributed by atoms with E-state index in [2.05, 4.69) is 54.5 Å². The van der Waals surface area contributed by atoms with Crippen LogP contribution in [-0.4, -0.2) is 11.2 Å². The first-order valence-electron chi connectivity index (χ1n) is 13.3. The van der Waals surface area contributed by atoms with E-state index in [0.717, 1.165) is 36.0 Å². The summed E-state index contributed by atoms with van der Waals surface area (Å²) in [6.07, 6.45) is 14.6. The van der Waals surface area contributed by atoms with E-state index < -0.39 is 0 Å². The van der Waals surface area contributed by atoms with E-state index in [1.165, 1.54) is 51.4 Å². The molecule has 5 rings (SSSR count). The lowest BCUT2D eigenvalue weighted by molar-refractivity contribution is -0.148. The second kappa shape index (κ2) is 6.61. The molecule has 1 heteroatoms. The van der Waals surface area contributed by atoms with Crippen LogP contribution in [0.15, 0.2) is 11.6 Å². The van der Waals surface area contributed by atoms with E-state index in [-0.39, 0.29) is 11.5 Å². The van der Waals surface area contributed by atoms with Crippen molar-refractivity contribution in [2.75, 3.05) is 0 Å². The van der Waals surface area contributed by atoms with Crippen LogP contribution in [0.1, 0.15) is 106 Å². The van der Waals surface area contributed by atoms with Crippen LogP contribution in [-0.2, 0) is 0 Å². The minimum absolute atomic E-state index is 0.0469. The van der Waals surface area contributed by atoms with Crippen molar-refractivity contribution in [1.82, 2.24) is 0 Å². The van der Waals surface area contributed by atoms with Gasteiger partial charge in [-0.15, -0.1) is 0 Å². The molecule has 0 aromatic heterocycles. The maximum atomic E-state index is 10.8. The highest BCUT2D eigenvalue weighted by Crippen LogP contribution is 2.71. The molecule has 1 nitrogen and oxygen atoms in total. The molecule has 0 aromatic carbocycles. The summed E-state index contributed by atoms with van der Waals surface area (Å²) in [4.78, 5) is 0. The SMILES string of the molecule is C[C@@H]1[C@H]2[C@@H]3CC[C@H]4C(=CC[C@H]5C(C)(C)[C@@H](O)CC[C@]45C)[C@@]3(C)CC[C@@]2(C)CC[C@H]1C. The number of aliphatic hydroxyl groups excluding tert-OH is 1. The third kappa shape index (κ3) is 2.63. The Kier molecular flexibility index (Phi) is 4.75. The van der Waals surface area contributed by atoms with Crippen LogP contribution in [0.25, 0.3) is 0 Å². The Bertz CT molecular complexity index is 735. The van der Waals surface area contributed by atoms with E-state index in [1.807, 2.05) is 5.57 Å². The highest BCUT2D eigenvalue weighted by atomic mass is 16.3. The van der Waals surface area contributed by atoms with Crippen molar-refractivity contribution in [1.29, 1.82) is 0 Å². The van der Waals surface area contributed by atoms with Gasteiger partial charge in [0.25, 0.3) is 0 Å². The van der Waals surface area contributed by atoms with E-state index >= 15 is 0 Å². The Morgan fingerprint density at radius 3 is 2.33 bits per heavy atom. The molecular weight excluding hydrogens is 364 g/mol. The molecule has 4 saturated carbocycles. The number of hydrogen-bond donors (Lipinski definition) is 1. The van der Waals surface area contributed by atoms with Gasteiger partial charge in [-0.05, 0) is 115 Å². The van der Waals surface area contributed by atoms with Gasteiger partial charge in [-0.25, -0.2) is 0 Å². The fourth-order valence-corrected chi connectivity index (χ4v) is 10.4. The van der Waals surface area contributed by atoms with Crippen molar-refractivity contribution in [2.45, 2.75) is 112 Å². The Balaban J connectivity index is 1.53. The maximum Gasteiger partial charge on any atom is 0.0594 e. The van der Waals surface area contributed by atoms with Gasteiger partial charge in [0.05, 0.1) is 6.10 Å². The third-order valence-electron chi connectivity index (χ3n) is 12.6. The summed E-state index contributed by atoms with van der Waals surface area (Å²) >= 11 is 0. The Hall–Kier alpha value is -0.300. The molecule has 0 unspecified atom stereocenters. The molecule has 0 heterocycles. The minimum atomic E-state index is -0.127. The first-order valence-corrected chi connectivity index (χ1v) is 13.3. The monoisotopic (exact) mass is 412 g/mol. The summed E-state index contributed by atoms with van der Waals surface area (Å²) in [6.45, 7) is 17.8. The smallest absolute Gasteiger partial charge is 0.0594 e. The zero-order valence-corrected chi connectivity index (χ0v) is 20.9. The summed E-state index contributed by atoms with van der Waals surface area (Å²) in [6, 6.07) is 0. The molecule has 1 N–H and O–H groups in total. The van der Waals surface area contributed by atoms with Crippen LogP contribution in [0.3, 0.4) is 0 Å². The van der Waals surface area contributed by atoms with Gasteiger partial charge < -0.3 is 5.11 Å². The van der Waals surface area contributed by atoms with Gasteiger partial charge >= 0.3 is 0 Å². The number of aliphatic hydroxyl groups is 1. The summed E-state index contributed by atoms with van der Waals surface area (Å²) in [5.41, 5.74) is 3.31. The normalized spacial score (nSPS) is 57.3.